The average Bonchev–Trinajstić information content (AvgIpc) is 2.45. The Morgan fingerprint density at radius 1 is 1.39 bits per heavy atom. The van der Waals surface area contributed by atoms with E-state index in [2.05, 4.69) is 13.0 Å². The van der Waals surface area contributed by atoms with E-state index in [0.717, 1.165) is 11.1 Å². The van der Waals surface area contributed by atoms with Crippen molar-refractivity contribution in [2.75, 3.05) is 19.8 Å². The van der Waals surface area contributed by atoms with Gasteiger partial charge in [-0.25, -0.2) is 4.79 Å². The Kier molecular flexibility index (Phi) is 5.32. The fraction of sp³-hybridized carbons (Fsp3) is 0.611. The third-order valence-corrected chi connectivity index (χ3v) is 3.99. The quantitative estimate of drug-likeness (QED) is 0.910. The lowest BCUT2D eigenvalue weighted by atomic mass is 9.94. The van der Waals surface area contributed by atoms with Gasteiger partial charge in [0.15, 0.2) is 0 Å². The summed E-state index contributed by atoms with van der Waals surface area (Å²) in [5.41, 5.74) is 9.33. The summed E-state index contributed by atoms with van der Waals surface area (Å²) < 4.78 is 11.1. The number of hydrogen-bond donors (Lipinski definition) is 1. The lowest BCUT2D eigenvalue weighted by Gasteiger charge is -2.39. The molecule has 1 aliphatic heterocycles. The van der Waals surface area contributed by atoms with Crippen LogP contribution in [-0.4, -0.2) is 42.4 Å². The van der Waals surface area contributed by atoms with Gasteiger partial charge < -0.3 is 15.2 Å². The second kappa shape index (κ2) is 6.89. The van der Waals surface area contributed by atoms with Gasteiger partial charge in [0.05, 0.1) is 25.3 Å². The van der Waals surface area contributed by atoms with Crippen molar-refractivity contribution >= 4 is 6.09 Å². The van der Waals surface area contributed by atoms with Crippen molar-refractivity contribution in [3.8, 4) is 0 Å². The highest BCUT2D eigenvalue weighted by Crippen LogP contribution is 2.26. The minimum atomic E-state index is -0.524. The molecule has 0 aliphatic carbocycles. The minimum Gasteiger partial charge on any atom is -0.444 e. The number of hydrogen-bond acceptors (Lipinski definition) is 4. The van der Waals surface area contributed by atoms with E-state index in [0.29, 0.717) is 19.8 Å². The fourth-order valence-corrected chi connectivity index (χ4v) is 2.87. The number of carbonyl (C=O) groups is 1. The van der Waals surface area contributed by atoms with Gasteiger partial charge in [0.2, 0.25) is 0 Å². The van der Waals surface area contributed by atoms with Crippen LogP contribution < -0.4 is 5.73 Å². The summed E-state index contributed by atoms with van der Waals surface area (Å²) in [5.74, 6) is 0. The van der Waals surface area contributed by atoms with Gasteiger partial charge in [-0.1, -0.05) is 23.8 Å². The summed E-state index contributed by atoms with van der Waals surface area (Å²) in [6, 6.07) is 5.67. The maximum Gasteiger partial charge on any atom is 0.410 e. The first-order chi connectivity index (χ1) is 10.7. The van der Waals surface area contributed by atoms with Crippen molar-refractivity contribution in [2.24, 2.45) is 5.73 Å². The normalized spacial score (nSPS) is 20.3. The van der Waals surface area contributed by atoms with E-state index in [1.807, 2.05) is 39.8 Å². The number of aryl methyl sites for hydroxylation is 2. The molecule has 0 radical (unpaired) electrons. The molecule has 128 valence electrons. The third kappa shape index (κ3) is 4.45. The third-order valence-electron chi connectivity index (χ3n) is 3.99. The van der Waals surface area contributed by atoms with Crippen LogP contribution >= 0.6 is 0 Å². The molecule has 23 heavy (non-hydrogen) atoms. The molecule has 1 fully saturated rings. The maximum absolute atomic E-state index is 12.5. The molecular weight excluding hydrogens is 292 g/mol. The lowest BCUT2D eigenvalue weighted by Crippen LogP contribution is -2.54. The molecule has 5 nitrogen and oxygen atoms in total. The second-order valence-electron chi connectivity index (χ2n) is 7.20. The van der Waals surface area contributed by atoms with Crippen molar-refractivity contribution < 1.29 is 14.3 Å². The van der Waals surface area contributed by atoms with Crippen LogP contribution in [0, 0.1) is 13.8 Å². The highest BCUT2D eigenvalue weighted by atomic mass is 16.6. The van der Waals surface area contributed by atoms with E-state index in [1.165, 1.54) is 5.56 Å². The highest BCUT2D eigenvalue weighted by Gasteiger charge is 2.35. The Morgan fingerprint density at radius 3 is 2.70 bits per heavy atom. The second-order valence-corrected chi connectivity index (χ2v) is 7.20. The lowest BCUT2D eigenvalue weighted by molar-refractivity contribution is -0.0382. The number of benzene rings is 1. The topological polar surface area (TPSA) is 64.8 Å². The monoisotopic (exact) mass is 320 g/mol. The Morgan fingerprint density at radius 2 is 2.09 bits per heavy atom. The molecule has 1 saturated heterocycles. The average molecular weight is 320 g/mol. The predicted octanol–water partition coefficient (Wildman–Crippen LogP) is 2.94. The van der Waals surface area contributed by atoms with Crippen molar-refractivity contribution in [1.29, 1.82) is 0 Å². The largest absolute Gasteiger partial charge is 0.444 e. The van der Waals surface area contributed by atoms with Gasteiger partial charge in [-0.2, -0.15) is 0 Å². The van der Waals surface area contributed by atoms with Gasteiger partial charge in [-0.05, 0) is 45.7 Å². The number of rotatable bonds is 2. The van der Waals surface area contributed by atoms with Gasteiger partial charge in [-0.15, -0.1) is 0 Å². The van der Waals surface area contributed by atoms with Crippen molar-refractivity contribution in [1.82, 2.24) is 4.90 Å². The van der Waals surface area contributed by atoms with Crippen LogP contribution in [0.15, 0.2) is 18.2 Å². The van der Waals surface area contributed by atoms with Gasteiger partial charge in [0, 0.05) is 6.54 Å². The molecule has 2 unspecified atom stereocenters. The summed E-state index contributed by atoms with van der Waals surface area (Å²) in [4.78, 5) is 14.2. The first-order valence-electron chi connectivity index (χ1n) is 8.09. The van der Waals surface area contributed by atoms with Crippen LogP contribution in [-0.2, 0) is 9.47 Å². The van der Waals surface area contributed by atoms with E-state index in [1.54, 1.807) is 4.90 Å². The Balaban J connectivity index is 2.21. The molecule has 1 amide bonds. The summed E-state index contributed by atoms with van der Waals surface area (Å²) >= 11 is 0. The summed E-state index contributed by atoms with van der Waals surface area (Å²) in [6.45, 7) is 11.1. The zero-order valence-electron chi connectivity index (χ0n) is 14.8. The van der Waals surface area contributed by atoms with Gasteiger partial charge in [0.25, 0.3) is 0 Å². The molecule has 2 atom stereocenters. The smallest absolute Gasteiger partial charge is 0.410 e. The Bertz CT molecular complexity index is 566. The van der Waals surface area contributed by atoms with Gasteiger partial charge in [0.1, 0.15) is 5.60 Å². The molecule has 1 aromatic carbocycles. The van der Waals surface area contributed by atoms with E-state index >= 15 is 0 Å². The van der Waals surface area contributed by atoms with Crippen LogP contribution in [0.25, 0.3) is 0 Å². The molecule has 2 rings (SSSR count). The Hall–Kier alpha value is -1.59. The van der Waals surface area contributed by atoms with Crippen LogP contribution in [0.3, 0.4) is 0 Å². The molecule has 0 aromatic heterocycles. The van der Waals surface area contributed by atoms with E-state index in [-0.39, 0.29) is 18.2 Å². The molecule has 2 N–H and O–H groups in total. The van der Waals surface area contributed by atoms with E-state index in [9.17, 15) is 4.79 Å². The number of amides is 1. The van der Waals surface area contributed by atoms with Crippen molar-refractivity contribution in [3.05, 3.63) is 34.9 Å². The number of morpholine rings is 1. The molecule has 0 saturated carbocycles. The molecule has 5 heteroatoms. The minimum absolute atomic E-state index is 0.222. The summed E-state index contributed by atoms with van der Waals surface area (Å²) in [6.07, 6.45) is -0.328. The first kappa shape index (κ1) is 17.8. The molecule has 1 heterocycles. The van der Waals surface area contributed by atoms with Gasteiger partial charge in [-0.3, -0.25) is 4.90 Å². The SMILES string of the molecule is Cc1ccc(C(N)C2COCCN2C(=O)OC(C)(C)C)c(C)c1. The standard InChI is InChI=1S/C18H28N2O3/c1-12-6-7-14(13(2)10-12)16(19)15-11-22-9-8-20(15)17(21)23-18(3,4)5/h6-7,10,15-16H,8-9,11,19H2,1-5H3. The highest BCUT2D eigenvalue weighted by molar-refractivity contribution is 5.69. The number of carbonyl (C=O) groups excluding carboxylic acids is 1. The molecular formula is C18H28N2O3. The van der Waals surface area contributed by atoms with Crippen molar-refractivity contribution in [2.45, 2.75) is 52.3 Å². The van der Waals surface area contributed by atoms with Crippen LogP contribution in [0.5, 0.6) is 0 Å². The number of ether oxygens (including phenoxy) is 2. The fourth-order valence-electron chi connectivity index (χ4n) is 2.87. The van der Waals surface area contributed by atoms with Crippen LogP contribution in [0.1, 0.15) is 43.5 Å². The molecule has 1 aliphatic rings. The number of nitrogens with two attached hydrogens (primary N) is 1. The number of nitrogens with zero attached hydrogens (tertiary/aromatic N) is 1. The van der Waals surface area contributed by atoms with E-state index < -0.39 is 5.60 Å². The summed E-state index contributed by atoms with van der Waals surface area (Å²) in [5, 5.41) is 0. The van der Waals surface area contributed by atoms with Crippen LogP contribution in [0.2, 0.25) is 0 Å². The molecule has 0 bridgehead atoms. The van der Waals surface area contributed by atoms with Crippen LogP contribution in [0.4, 0.5) is 4.79 Å². The van der Waals surface area contributed by atoms with Gasteiger partial charge >= 0.3 is 6.09 Å². The first-order valence-corrected chi connectivity index (χ1v) is 8.09. The zero-order valence-corrected chi connectivity index (χ0v) is 14.8. The predicted molar refractivity (Wildman–Crippen MR) is 90.4 cm³/mol. The summed E-state index contributed by atoms with van der Waals surface area (Å²) in [7, 11) is 0. The molecule has 1 aromatic rings. The zero-order chi connectivity index (χ0) is 17.2. The Labute approximate surface area is 138 Å². The van der Waals surface area contributed by atoms with Crippen molar-refractivity contribution in [3.63, 3.8) is 0 Å². The molecule has 0 spiro atoms. The van der Waals surface area contributed by atoms with E-state index in [4.69, 9.17) is 15.2 Å². The maximum atomic E-state index is 12.5.